The number of hydrogen-bond acceptors (Lipinski definition) is 7. The summed E-state index contributed by atoms with van der Waals surface area (Å²) in [7, 11) is 0. The quantitative estimate of drug-likeness (QED) is 0.180. The van der Waals surface area contributed by atoms with E-state index in [-0.39, 0.29) is 35.3 Å². The van der Waals surface area contributed by atoms with E-state index in [0.717, 1.165) is 33.2 Å². The smallest absolute Gasteiger partial charge is 0.243 e. The lowest BCUT2D eigenvalue weighted by atomic mass is 9.86. The number of fused-ring (bicyclic) bond motifs is 3. The number of nitrogens with one attached hydrogen (secondary N) is 2. The zero-order valence-electron chi connectivity index (χ0n) is 25.2. The van der Waals surface area contributed by atoms with Crippen molar-refractivity contribution in [3.05, 3.63) is 108 Å². The highest BCUT2D eigenvalue weighted by atomic mass is 35.5. The van der Waals surface area contributed by atoms with Crippen LogP contribution in [0, 0.1) is 20.8 Å². The zero-order chi connectivity index (χ0) is 32.7. The van der Waals surface area contributed by atoms with E-state index >= 15 is 0 Å². The zero-order valence-corrected chi connectivity index (χ0v) is 28.3. The minimum absolute atomic E-state index is 0.0857. The van der Waals surface area contributed by atoms with Gasteiger partial charge in [0.1, 0.15) is 16.9 Å². The van der Waals surface area contributed by atoms with Crippen molar-refractivity contribution in [3.63, 3.8) is 0 Å². The number of aromatic nitrogens is 3. The second-order valence-electron chi connectivity index (χ2n) is 11.5. The number of carbonyl (C=O) groups excluding carboxylic acids is 2. The molecule has 1 saturated carbocycles. The van der Waals surface area contributed by atoms with Crippen LogP contribution in [0.3, 0.4) is 0 Å². The standard InChI is InChI=1S/C33H31Cl3N6O3S/c1-16-17(2)46-33-29(16)31(19-7-9-20(34)10-8-19)39-25(32-41-40-18(3)42(32)33)15-28(45)38-22-13-21(14-22)37-27(44)12-11-26(43)23-5-4-6-24(35)30(23)36/h4-12,21-22,25-26,43H,13-15H2,1-3H3,(H,37,44)(H,38,45)/b12-11+/t21?,22?,25-,26?/m0/s1. The van der Waals surface area contributed by atoms with Gasteiger partial charge in [0.15, 0.2) is 5.82 Å². The average molecular weight is 698 g/mol. The van der Waals surface area contributed by atoms with E-state index in [1.165, 1.54) is 17.0 Å². The molecule has 238 valence electrons. The van der Waals surface area contributed by atoms with Crippen LogP contribution in [-0.4, -0.2) is 49.5 Å². The molecule has 0 radical (unpaired) electrons. The molecule has 3 N–H and O–H groups in total. The third-order valence-corrected chi connectivity index (χ3v) is 10.6. The summed E-state index contributed by atoms with van der Waals surface area (Å²) in [5.41, 5.74) is 4.24. The van der Waals surface area contributed by atoms with E-state index in [0.29, 0.717) is 34.3 Å². The summed E-state index contributed by atoms with van der Waals surface area (Å²) < 4.78 is 2.02. The predicted octanol–water partition coefficient (Wildman–Crippen LogP) is 6.55. The highest BCUT2D eigenvalue weighted by molar-refractivity contribution is 7.15. The summed E-state index contributed by atoms with van der Waals surface area (Å²) in [4.78, 5) is 32.1. The first-order chi connectivity index (χ1) is 22.0. The van der Waals surface area contributed by atoms with Gasteiger partial charge < -0.3 is 15.7 Å². The van der Waals surface area contributed by atoms with Crippen molar-refractivity contribution < 1.29 is 14.7 Å². The third-order valence-electron chi connectivity index (χ3n) is 8.32. The van der Waals surface area contributed by atoms with Crippen molar-refractivity contribution in [1.29, 1.82) is 0 Å². The molecule has 0 bridgehead atoms. The molecule has 0 saturated heterocycles. The molecule has 2 amide bonds. The summed E-state index contributed by atoms with van der Waals surface area (Å²) in [5, 5.41) is 27.4. The molecule has 1 unspecified atom stereocenters. The fourth-order valence-corrected chi connectivity index (χ4v) is 7.49. The first-order valence-corrected chi connectivity index (χ1v) is 16.7. The van der Waals surface area contributed by atoms with E-state index in [1.807, 2.05) is 35.8 Å². The van der Waals surface area contributed by atoms with E-state index < -0.39 is 12.1 Å². The van der Waals surface area contributed by atoms with Gasteiger partial charge in [-0.15, -0.1) is 21.5 Å². The number of amides is 2. The number of hydrogen-bond donors (Lipinski definition) is 3. The molecule has 3 heterocycles. The van der Waals surface area contributed by atoms with Crippen LogP contribution >= 0.6 is 46.1 Å². The number of benzene rings is 2. The number of aliphatic hydroxyl groups is 1. The summed E-state index contributed by atoms with van der Waals surface area (Å²) >= 11 is 20.0. The van der Waals surface area contributed by atoms with Crippen LogP contribution in [0.5, 0.6) is 0 Å². The Morgan fingerprint density at radius 2 is 1.76 bits per heavy atom. The Labute approximate surface area is 285 Å². The number of aliphatic hydroxyl groups excluding tert-OH is 1. The maximum absolute atomic E-state index is 13.4. The second kappa shape index (κ2) is 13.3. The molecular weight excluding hydrogens is 667 g/mol. The highest BCUT2D eigenvalue weighted by Gasteiger charge is 2.35. The minimum Gasteiger partial charge on any atom is -0.384 e. The number of carbonyl (C=O) groups is 2. The van der Waals surface area contributed by atoms with E-state index in [1.54, 1.807) is 29.5 Å². The van der Waals surface area contributed by atoms with E-state index in [9.17, 15) is 14.7 Å². The number of halogens is 3. The molecule has 4 aromatic rings. The molecule has 1 fully saturated rings. The van der Waals surface area contributed by atoms with E-state index in [2.05, 4.69) is 34.7 Å². The van der Waals surface area contributed by atoms with Crippen LogP contribution in [0.1, 0.15) is 70.2 Å². The first kappa shape index (κ1) is 32.4. The molecule has 2 atom stereocenters. The normalized spacial score (nSPS) is 19.5. The van der Waals surface area contributed by atoms with Gasteiger partial charge in [0.05, 0.1) is 28.3 Å². The van der Waals surface area contributed by atoms with Crippen LogP contribution < -0.4 is 10.6 Å². The fraction of sp³-hybridized carbons (Fsp3) is 0.303. The molecule has 13 heteroatoms. The topological polar surface area (TPSA) is 122 Å². The van der Waals surface area contributed by atoms with Crippen molar-refractivity contribution in [2.45, 2.75) is 64.3 Å². The molecule has 2 aromatic heterocycles. The SMILES string of the molecule is Cc1sc2c(c1C)C(c1ccc(Cl)cc1)=N[C@@H](CC(=O)NC1CC(NC(=O)/C=C/C(O)c3cccc(Cl)c3Cl)C1)c1nnc(C)n1-2. The summed E-state index contributed by atoms with van der Waals surface area (Å²) in [6, 6.07) is 11.8. The molecule has 0 spiro atoms. The lowest BCUT2D eigenvalue weighted by Gasteiger charge is -2.36. The van der Waals surface area contributed by atoms with Crippen LogP contribution in [0.25, 0.3) is 5.00 Å². The van der Waals surface area contributed by atoms with Gasteiger partial charge in [0, 0.05) is 44.7 Å². The van der Waals surface area contributed by atoms with Crippen LogP contribution in [0.2, 0.25) is 15.1 Å². The Hall–Kier alpha value is -3.54. The fourth-order valence-electron chi connectivity index (χ4n) is 5.73. The Kier molecular flexibility index (Phi) is 9.36. The number of aryl methyl sites for hydroxylation is 2. The Bertz CT molecular complexity index is 1880. The van der Waals surface area contributed by atoms with Gasteiger partial charge in [-0.05, 0) is 63.5 Å². The van der Waals surface area contributed by atoms with Gasteiger partial charge >= 0.3 is 0 Å². The number of rotatable bonds is 8. The summed E-state index contributed by atoms with van der Waals surface area (Å²) in [6.45, 7) is 6.07. The highest BCUT2D eigenvalue weighted by Crippen LogP contribution is 2.40. The largest absolute Gasteiger partial charge is 0.384 e. The monoisotopic (exact) mass is 696 g/mol. The molecule has 46 heavy (non-hydrogen) atoms. The molecule has 9 nitrogen and oxygen atoms in total. The van der Waals surface area contributed by atoms with Crippen LogP contribution in [-0.2, 0) is 9.59 Å². The average Bonchev–Trinajstić information content (AvgIpc) is 3.48. The van der Waals surface area contributed by atoms with Gasteiger partial charge in [-0.1, -0.05) is 59.1 Å². The Morgan fingerprint density at radius 1 is 1.04 bits per heavy atom. The summed E-state index contributed by atoms with van der Waals surface area (Å²) in [5.74, 6) is 0.837. The molecule has 2 aliphatic rings. The van der Waals surface area contributed by atoms with Gasteiger partial charge in [-0.3, -0.25) is 19.1 Å². The van der Waals surface area contributed by atoms with Crippen molar-refractivity contribution in [2.75, 3.05) is 0 Å². The van der Waals surface area contributed by atoms with Gasteiger partial charge in [0.2, 0.25) is 11.8 Å². The maximum atomic E-state index is 13.4. The van der Waals surface area contributed by atoms with Crippen molar-refractivity contribution in [3.8, 4) is 5.00 Å². The van der Waals surface area contributed by atoms with Crippen molar-refractivity contribution in [1.82, 2.24) is 25.4 Å². The number of aliphatic imine (C=N–C) groups is 1. The lowest BCUT2D eigenvalue weighted by molar-refractivity contribution is -0.123. The van der Waals surface area contributed by atoms with Gasteiger partial charge in [0.25, 0.3) is 0 Å². The predicted molar refractivity (Wildman–Crippen MR) is 182 cm³/mol. The Balaban J connectivity index is 1.11. The molecule has 6 rings (SSSR count). The number of nitrogens with zero attached hydrogens (tertiary/aromatic N) is 4. The molecule has 1 aliphatic carbocycles. The van der Waals surface area contributed by atoms with Crippen molar-refractivity contribution >= 4 is 63.7 Å². The lowest BCUT2D eigenvalue weighted by Crippen LogP contribution is -2.53. The van der Waals surface area contributed by atoms with Crippen molar-refractivity contribution in [2.24, 2.45) is 4.99 Å². The first-order valence-electron chi connectivity index (χ1n) is 14.8. The Morgan fingerprint density at radius 3 is 2.50 bits per heavy atom. The minimum atomic E-state index is -1.08. The molecule has 1 aliphatic heterocycles. The van der Waals surface area contributed by atoms with Gasteiger partial charge in [-0.2, -0.15) is 0 Å². The maximum Gasteiger partial charge on any atom is 0.243 e. The van der Waals surface area contributed by atoms with E-state index in [4.69, 9.17) is 39.8 Å². The molecule has 2 aromatic carbocycles. The number of thiophene rings is 1. The van der Waals surface area contributed by atoms with Crippen LogP contribution in [0.4, 0.5) is 0 Å². The van der Waals surface area contributed by atoms with Gasteiger partial charge in [-0.25, -0.2) is 0 Å². The third kappa shape index (κ3) is 6.50. The van der Waals surface area contributed by atoms with Crippen LogP contribution in [0.15, 0.2) is 59.6 Å². The molecular formula is C33H31Cl3N6O3S. The second-order valence-corrected chi connectivity index (χ2v) is 13.9. The summed E-state index contributed by atoms with van der Waals surface area (Å²) in [6.07, 6.45) is 2.81.